The molecule has 3 atom stereocenters. The molecule has 0 aromatic rings. The standard InChI is InChI=1S/C23H48O6Si/c1-8-12-15-21(24-5)18-27-30(11-4,28-19-22(25-6)16-13-9-2)29-20-23(26-7)17-14-10-3/h11,21-23H,4,8-10,12-20H2,1-3,5-7H3. The van der Waals surface area contributed by atoms with Gasteiger partial charge in [0, 0.05) is 21.3 Å². The maximum atomic E-state index is 6.27. The summed E-state index contributed by atoms with van der Waals surface area (Å²) in [5, 5.41) is 0. The van der Waals surface area contributed by atoms with E-state index in [0.29, 0.717) is 19.8 Å². The van der Waals surface area contributed by atoms with Crippen LogP contribution in [0, 0.1) is 0 Å². The van der Waals surface area contributed by atoms with Gasteiger partial charge < -0.3 is 27.5 Å². The quantitative estimate of drug-likeness (QED) is 0.209. The molecule has 0 aliphatic carbocycles. The van der Waals surface area contributed by atoms with Crippen LogP contribution in [0.5, 0.6) is 0 Å². The van der Waals surface area contributed by atoms with E-state index in [4.69, 9.17) is 27.5 Å². The Morgan fingerprint density at radius 2 is 0.933 bits per heavy atom. The molecular formula is C23H48O6Si. The predicted octanol–water partition coefficient (Wildman–Crippen LogP) is 5.32. The monoisotopic (exact) mass is 448 g/mol. The molecule has 0 aliphatic rings. The predicted molar refractivity (Wildman–Crippen MR) is 125 cm³/mol. The minimum absolute atomic E-state index is 0.0144. The number of rotatable bonds is 22. The van der Waals surface area contributed by atoms with Crippen molar-refractivity contribution >= 4 is 8.80 Å². The molecule has 0 fully saturated rings. The molecule has 0 spiro atoms. The summed E-state index contributed by atoms with van der Waals surface area (Å²) < 4.78 is 35.6. The Morgan fingerprint density at radius 1 is 0.633 bits per heavy atom. The molecule has 0 radical (unpaired) electrons. The van der Waals surface area contributed by atoms with Gasteiger partial charge in [0.2, 0.25) is 0 Å². The van der Waals surface area contributed by atoms with Crippen LogP contribution in [0.25, 0.3) is 0 Å². The smallest absolute Gasteiger partial charge is 0.379 e. The highest BCUT2D eigenvalue weighted by Gasteiger charge is 2.40. The maximum absolute atomic E-state index is 6.27. The van der Waals surface area contributed by atoms with Crippen molar-refractivity contribution in [1.82, 2.24) is 0 Å². The molecule has 0 amide bonds. The second kappa shape index (κ2) is 19.4. The highest BCUT2D eigenvalue weighted by Crippen LogP contribution is 2.18. The zero-order valence-electron chi connectivity index (χ0n) is 20.5. The molecule has 30 heavy (non-hydrogen) atoms. The molecule has 0 saturated heterocycles. The first-order valence-electron chi connectivity index (χ1n) is 11.7. The van der Waals surface area contributed by atoms with Gasteiger partial charge in [-0.15, -0.1) is 0 Å². The van der Waals surface area contributed by atoms with Crippen LogP contribution < -0.4 is 0 Å². The minimum Gasteiger partial charge on any atom is -0.379 e. The van der Waals surface area contributed by atoms with Gasteiger partial charge >= 0.3 is 8.80 Å². The van der Waals surface area contributed by atoms with Crippen molar-refractivity contribution in [3.05, 3.63) is 12.3 Å². The van der Waals surface area contributed by atoms with E-state index in [9.17, 15) is 0 Å². The number of unbranched alkanes of at least 4 members (excludes halogenated alkanes) is 3. The largest absolute Gasteiger partial charge is 0.529 e. The molecule has 0 bridgehead atoms. The molecular weight excluding hydrogens is 400 g/mol. The van der Waals surface area contributed by atoms with E-state index in [0.717, 1.165) is 57.8 Å². The molecule has 0 saturated carbocycles. The molecule has 3 unspecified atom stereocenters. The number of ether oxygens (including phenoxy) is 3. The van der Waals surface area contributed by atoms with Crippen molar-refractivity contribution in [1.29, 1.82) is 0 Å². The molecule has 180 valence electrons. The van der Waals surface area contributed by atoms with Crippen molar-refractivity contribution in [3.8, 4) is 0 Å². The first-order chi connectivity index (χ1) is 14.5. The number of hydrogen-bond acceptors (Lipinski definition) is 6. The van der Waals surface area contributed by atoms with E-state index in [1.54, 1.807) is 27.0 Å². The third-order valence-electron chi connectivity index (χ3n) is 5.30. The van der Waals surface area contributed by atoms with Gasteiger partial charge in [-0.3, -0.25) is 0 Å². The SMILES string of the molecule is C=C[Si](OCC(CCCC)OC)(OCC(CCCC)OC)OCC(CCCC)OC. The first-order valence-corrected chi connectivity index (χ1v) is 13.5. The minimum atomic E-state index is -3.10. The second-order valence-corrected chi connectivity index (χ2v) is 10.2. The summed E-state index contributed by atoms with van der Waals surface area (Å²) in [6.07, 6.45) is 9.54. The normalized spacial score (nSPS) is 16.7. The van der Waals surface area contributed by atoms with Crippen LogP contribution in [0.2, 0.25) is 0 Å². The van der Waals surface area contributed by atoms with Crippen LogP contribution in [-0.4, -0.2) is 68.3 Å². The Hall–Kier alpha value is -0.283. The third-order valence-corrected chi connectivity index (χ3v) is 7.51. The second-order valence-electron chi connectivity index (χ2n) is 7.74. The van der Waals surface area contributed by atoms with Gasteiger partial charge in [0.15, 0.2) is 0 Å². The molecule has 0 aromatic heterocycles. The van der Waals surface area contributed by atoms with Gasteiger partial charge in [0.25, 0.3) is 0 Å². The Kier molecular flexibility index (Phi) is 19.2. The molecule has 0 heterocycles. The van der Waals surface area contributed by atoms with Crippen molar-refractivity contribution in [2.45, 2.75) is 96.9 Å². The number of hydrogen-bond donors (Lipinski definition) is 0. The lowest BCUT2D eigenvalue weighted by Gasteiger charge is -2.31. The van der Waals surface area contributed by atoms with Crippen LogP contribution >= 0.6 is 0 Å². The summed E-state index contributed by atoms with van der Waals surface area (Å²) in [6.45, 7) is 11.8. The van der Waals surface area contributed by atoms with Crippen LogP contribution in [0.1, 0.15) is 78.6 Å². The fourth-order valence-corrected chi connectivity index (χ4v) is 4.89. The van der Waals surface area contributed by atoms with Gasteiger partial charge in [-0.2, -0.15) is 0 Å². The van der Waals surface area contributed by atoms with Crippen LogP contribution in [-0.2, 0) is 27.5 Å². The summed E-state index contributed by atoms with van der Waals surface area (Å²) >= 11 is 0. The zero-order valence-corrected chi connectivity index (χ0v) is 21.5. The van der Waals surface area contributed by atoms with E-state index in [1.165, 1.54) is 0 Å². The topological polar surface area (TPSA) is 55.4 Å². The highest BCUT2D eigenvalue weighted by molar-refractivity contribution is 6.66. The Bertz CT molecular complexity index is 346. The summed E-state index contributed by atoms with van der Waals surface area (Å²) in [5.74, 6) is 0. The molecule has 7 heteroatoms. The molecule has 6 nitrogen and oxygen atoms in total. The third kappa shape index (κ3) is 13.2. The highest BCUT2D eigenvalue weighted by atomic mass is 28.4. The molecule has 0 aromatic carbocycles. The summed E-state index contributed by atoms with van der Waals surface area (Å²) in [6, 6.07) is 0. The van der Waals surface area contributed by atoms with Gasteiger partial charge in [-0.05, 0) is 25.0 Å². The number of methoxy groups -OCH3 is 3. The summed E-state index contributed by atoms with van der Waals surface area (Å²) in [7, 11) is 2.07. The summed E-state index contributed by atoms with van der Waals surface area (Å²) in [4.78, 5) is 0. The van der Waals surface area contributed by atoms with Crippen molar-refractivity contribution < 1.29 is 27.5 Å². The van der Waals surface area contributed by atoms with E-state index in [1.807, 2.05) is 0 Å². The Morgan fingerprint density at radius 3 is 1.13 bits per heavy atom. The average molecular weight is 449 g/mol. The Labute approximate surface area is 187 Å². The van der Waals surface area contributed by atoms with Crippen molar-refractivity contribution in [2.24, 2.45) is 0 Å². The zero-order chi connectivity index (χ0) is 22.7. The first kappa shape index (κ1) is 29.7. The lowest BCUT2D eigenvalue weighted by molar-refractivity contribution is -0.0327. The van der Waals surface area contributed by atoms with E-state index < -0.39 is 8.80 Å². The van der Waals surface area contributed by atoms with Crippen molar-refractivity contribution in [3.63, 3.8) is 0 Å². The fraction of sp³-hybridized carbons (Fsp3) is 0.913. The lowest BCUT2D eigenvalue weighted by atomic mass is 10.2. The van der Waals surface area contributed by atoms with Gasteiger partial charge in [0.05, 0.1) is 38.1 Å². The van der Waals surface area contributed by atoms with Crippen LogP contribution in [0.15, 0.2) is 12.3 Å². The van der Waals surface area contributed by atoms with Crippen LogP contribution in [0.3, 0.4) is 0 Å². The van der Waals surface area contributed by atoms with Gasteiger partial charge in [-0.25, -0.2) is 0 Å². The molecule has 0 aliphatic heterocycles. The Balaban J connectivity index is 5.12. The van der Waals surface area contributed by atoms with E-state index in [2.05, 4.69) is 27.4 Å². The van der Waals surface area contributed by atoms with Gasteiger partial charge in [-0.1, -0.05) is 65.9 Å². The molecule has 0 rings (SSSR count). The van der Waals surface area contributed by atoms with Crippen molar-refractivity contribution in [2.75, 3.05) is 41.2 Å². The molecule has 0 N–H and O–H groups in total. The van der Waals surface area contributed by atoms with Crippen LogP contribution in [0.4, 0.5) is 0 Å². The van der Waals surface area contributed by atoms with E-state index in [-0.39, 0.29) is 18.3 Å². The lowest BCUT2D eigenvalue weighted by Crippen LogP contribution is -2.49. The van der Waals surface area contributed by atoms with Gasteiger partial charge in [0.1, 0.15) is 0 Å². The maximum Gasteiger partial charge on any atom is 0.529 e. The average Bonchev–Trinajstić information content (AvgIpc) is 2.78. The van der Waals surface area contributed by atoms with E-state index >= 15 is 0 Å². The fourth-order valence-electron chi connectivity index (χ4n) is 3.03. The summed E-state index contributed by atoms with van der Waals surface area (Å²) in [5.41, 5.74) is 1.72.